The van der Waals surface area contributed by atoms with Gasteiger partial charge in [0.2, 0.25) is 0 Å². The molecule has 168 valence electrons. The minimum absolute atomic E-state index is 0.0965. The highest BCUT2D eigenvalue weighted by molar-refractivity contribution is 7.92. The van der Waals surface area contributed by atoms with E-state index in [1.807, 2.05) is 0 Å². The number of hydrogen-bond acceptors (Lipinski definition) is 4. The number of halogens is 3. The molecule has 2 aromatic carbocycles. The number of nitrogens with zero attached hydrogens (tertiary/aromatic N) is 1. The van der Waals surface area contributed by atoms with Crippen LogP contribution in [0.3, 0.4) is 0 Å². The summed E-state index contributed by atoms with van der Waals surface area (Å²) >= 11 is 5.88. The van der Waals surface area contributed by atoms with Crippen molar-refractivity contribution in [2.24, 2.45) is 5.92 Å². The molecule has 1 heterocycles. The van der Waals surface area contributed by atoms with Crippen LogP contribution in [0, 0.1) is 17.6 Å². The van der Waals surface area contributed by atoms with Crippen LogP contribution in [0.15, 0.2) is 47.4 Å². The van der Waals surface area contributed by atoms with Crippen molar-refractivity contribution in [2.45, 2.75) is 36.3 Å². The predicted molar refractivity (Wildman–Crippen MR) is 114 cm³/mol. The third kappa shape index (κ3) is 4.55. The lowest BCUT2D eigenvalue weighted by Crippen LogP contribution is -2.43. The van der Waals surface area contributed by atoms with Gasteiger partial charge in [0.15, 0.2) is 9.84 Å². The molecule has 0 N–H and O–H groups in total. The molecule has 5 nitrogen and oxygen atoms in total. The Balaban J connectivity index is 2.02. The summed E-state index contributed by atoms with van der Waals surface area (Å²) in [7, 11) is -4.25. The molecule has 1 aliphatic heterocycles. The van der Waals surface area contributed by atoms with Gasteiger partial charge in [0.05, 0.1) is 11.5 Å². The maximum atomic E-state index is 14.8. The van der Waals surface area contributed by atoms with Gasteiger partial charge in [-0.3, -0.25) is 0 Å². The normalized spacial score (nSPS) is 17.3. The highest BCUT2D eigenvalue weighted by Crippen LogP contribution is 2.43. The Hall–Kier alpha value is -2.19. The molecular weight excluding hydrogens is 448 g/mol. The van der Waals surface area contributed by atoms with E-state index in [9.17, 15) is 22.0 Å². The van der Waals surface area contributed by atoms with Gasteiger partial charge in [-0.25, -0.2) is 22.0 Å². The van der Waals surface area contributed by atoms with Crippen molar-refractivity contribution in [3.05, 3.63) is 64.7 Å². The van der Waals surface area contributed by atoms with Crippen molar-refractivity contribution in [3.8, 4) is 0 Å². The fourth-order valence-corrected chi connectivity index (χ4v) is 5.91. The van der Waals surface area contributed by atoms with Crippen molar-refractivity contribution in [2.75, 3.05) is 19.7 Å². The van der Waals surface area contributed by atoms with E-state index in [0.29, 0.717) is 18.1 Å². The zero-order chi connectivity index (χ0) is 22.8. The number of rotatable bonds is 6. The fourth-order valence-electron chi connectivity index (χ4n) is 3.76. The maximum absolute atomic E-state index is 14.8. The number of sulfone groups is 1. The topological polar surface area (TPSA) is 63.7 Å². The fraction of sp³-hybridized carbons (Fsp3) is 0.409. The first-order chi connectivity index (χ1) is 14.6. The molecule has 1 fully saturated rings. The lowest BCUT2D eigenvalue weighted by molar-refractivity contribution is 0.0898. The summed E-state index contributed by atoms with van der Waals surface area (Å²) in [5.74, 6) is -2.52. The van der Waals surface area contributed by atoms with E-state index in [0.717, 1.165) is 31.0 Å². The number of likely N-dealkylation sites (tertiary alicyclic amines) is 1. The van der Waals surface area contributed by atoms with Crippen molar-refractivity contribution in [1.29, 1.82) is 0 Å². The SMILES string of the molecule is CC(COC(=O)N1CCCC1)C(C)(c1cc(F)ccc1F)S(=O)(=O)c1ccc(Cl)cc1. The first-order valence-electron chi connectivity index (χ1n) is 9.95. The monoisotopic (exact) mass is 471 g/mol. The Morgan fingerprint density at radius 3 is 2.39 bits per heavy atom. The first-order valence-corrected chi connectivity index (χ1v) is 11.8. The van der Waals surface area contributed by atoms with E-state index in [1.165, 1.54) is 38.1 Å². The molecule has 1 amide bonds. The molecule has 0 bridgehead atoms. The summed E-state index contributed by atoms with van der Waals surface area (Å²) in [6.45, 7) is 3.73. The highest BCUT2D eigenvalue weighted by Gasteiger charge is 2.48. The molecule has 1 aliphatic rings. The van der Waals surface area contributed by atoms with Gasteiger partial charge in [0, 0.05) is 29.6 Å². The van der Waals surface area contributed by atoms with Gasteiger partial charge in [0.25, 0.3) is 0 Å². The summed E-state index contributed by atoms with van der Waals surface area (Å²) in [6, 6.07) is 8.15. The van der Waals surface area contributed by atoms with Crippen molar-refractivity contribution >= 4 is 27.5 Å². The summed E-state index contributed by atoms with van der Waals surface area (Å²) in [5.41, 5.74) is -0.327. The van der Waals surface area contributed by atoms with Gasteiger partial charge in [-0.05, 0) is 62.2 Å². The van der Waals surface area contributed by atoms with Crippen LogP contribution in [0.1, 0.15) is 32.3 Å². The number of carbonyl (C=O) groups excluding carboxylic acids is 1. The van der Waals surface area contributed by atoms with Crippen molar-refractivity contribution in [1.82, 2.24) is 4.90 Å². The van der Waals surface area contributed by atoms with E-state index in [-0.39, 0.29) is 17.1 Å². The van der Waals surface area contributed by atoms with Crippen LogP contribution in [-0.4, -0.2) is 39.1 Å². The highest BCUT2D eigenvalue weighted by atomic mass is 35.5. The second-order valence-electron chi connectivity index (χ2n) is 7.86. The Kier molecular flexibility index (Phi) is 6.91. The van der Waals surface area contributed by atoms with E-state index in [4.69, 9.17) is 16.3 Å². The van der Waals surface area contributed by atoms with Crippen molar-refractivity contribution < 1.29 is 26.7 Å². The number of hydrogen-bond donors (Lipinski definition) is 0. The standard InChI is InChI=1S/C22H24ClF2NO4S/c1-15(14-30-21(27)26-11-3-4-12-26)22(2,19-13-17(24)7-10-20(19)25)31(28,29)18-8-5-16(23)6-9-18/h5-10,13,15H,3-4,11-12,14H2,1-2H3. The Bertz CT molecular complexity index is 1060. The lowest BCUT2D eigenvalue weighted by Gasteiger charge is -2.36. The van der Waals surface area contributed by atoms with Crippen LogP contribution in [-0.2, 0) is 19.3 Å². The predicted octanol–water partition coefficient (Wildman–Crippen LogP) is 5.18. The summed E-state index contributed by atoms with van der Waals surface area (Å²) in [4.78, 5) is 13.7. The zero-order valence-corrected chi connectivity index (χ0v) is 18.8. The van der Waals surface area contributed by atoms with Gasteiger partial charge in [-0.15, -0.1) is 0 Å². The maximum Gasteiger partial charge on any atom is 0.409 e. The van der Waals surface area contributed by atoms with Crippen LogP contribution >= 0.6 is 11.6 Å². The van der Waals surface area contributed by atoms with E-state index in [1.54, 1.807) is 4.90 Å². The average Bonchev–Trinajstić information content (AvgIpc) is 3.28. The van der Waals surface area contributed by atoms with Crippen LogP contribution in [0.4, 0.5) is 13.6 Å². The van der Waals surface area contributed by atoms with Gasteiger partial charge in [0.1, 0.15) is 16.4 Å². The van der Waals surface area contributed by atoms with Crippen LogP contribution in [0.25, 0.3) is 0 Å². The van der Waals surface area contributed by atoms with Gasteiger partial charge in [-0.1, -0.05) is 18.5 Å². The molecule has 31 heavy (non-hydrogen) atoms. The molecule has 2 atom stereocenters. The molecule has 0 spiro atoms. The molecule has 0 aromatic heterocycles. The number of carbonyl (C=O) groups is 1. The van der Waals surface area contributed by atoms with Crippen molar-refractivity contribution in [3.63, 3.8) is 0 Å². The van der Waals surface area contributed by atoms with Gasteiger partial charge >= 0.3 is 6.09 Å². The quantitative estimate of drug-likeness (QED) is 0.582. The second kappa shape index (κ2) is 9.12. The van der Waals surface area contributed by atoms with E-state index in [2.05, 4.69) is 0 Å². The molecule has 9 heteroatoms. The molecule has 0 aliphatic carbocycles. The number of benzene rings is 2. The minimum Gasteiger partial charge on any atom is -0.449 e. The van der Waals surface area contributed by atoms with E-state index >= 15 is 0 Å². The molecule has 0 saturated carbocycles. The second-order valence-corrected chi connectivity index (χ2v) is 10.6. The molecule has 0 radical (unpaired) electrons. The third-order valence-electron chi connectivity index (χ3n) is 5.91. The Labute approximate surface area is 185 Å². The van der Waals surface area contributed by atoms with Gasteiger partial charge < -0.3 is 9.64 Å². The Morgan fingerprint density at radius 1 is 1.16 bits per heavy atom. The van der Waals surface area contributed by atoms with Crippen LogP contribution in [0.2, 0.25) is 5.02 Å². The number of ether oxygens (including phenoxy) is 1. The summed E-state index contributed by atoms with van der Waals surface area (Å²) in [6.07, 6.45) is 1.21. The average molecular weight is 472 g/mol. The summed E-state index contributed by atoms with van der Waals surface area (Å²) < 4.78 is 59.7. The largest absolute Gasteiger partial charge is 0.449 e. The van der Waals surface area contributed by atoms with E-state index < -0.39 is 38.2 Å². The first kappa shape index (κ1) is 23.5. The smallest absolute Gasteiger partial charge is 0.409 e. The molecular formula is C22H24ClF2NO4S. The zero-order valence-electron chi connectivity index (χ0n) is 17.3. The summed E-state index contributed by atoms with van der Waals surface area (Å²) in [5, 5.41) is 0.338. The van der Waals surface area contributed by atoms with Gasteiger partial charge in [-0.2, -0.15) is 0 Å². The van der Waals surface area contributed by atoms with Crippen LogP contribution in [0.5, 0.6) is 0 Å². The third-order valence-corrected chi connectivity index (χ3v) is 8.79. The van der Waals surface area contributed by atoms with Crippen LogP contribution < -0.4 is 0 Å². The molecule has 2 unspecified atom stereocenters. The Morgan fingerprint density at radius 2 is 1.77 bits per heavy atom. The lowest BCUT2D eigenvalue weighted by atomic mass is 9.87. The molecule has 2 aromatic rings. The number of amides is 1. The minimum atomic E-state index is -4.25. The molecule has 1 saturated heterocycles. The molecule has 3 rings (SSSR count).